The Morgan fingerprint density at radius 3 is 2.06 bits per heavy atom. The summed E-state index contributed by atoms with van der Waals surface area (Å²) in [6.45, 7) is 8.57. The van der Waals surface area contributed by atoms with Crippen molar-refractivity contribution in [2.24, 2.45) is 0 Å². The van der Waals surface area contributed by atoms with Crippen LogP contribution >= 0.6 is 0 Å². The predicted octanol–water partition coefficient (Wildman–Crippen LogP) is 2.23. The van der Waals surface area contributed by atoms with Gasteiger partial charge in [0.15, 0.2) is 0 Å². The van der Waals surface area contributed by atoms with Crippen molar-refractivity contribution in [3.05, 3.63) is 0 Å². The Morgan fingerprint density at radius 2 is 1.67 bits per heavy atom. The zero-order valence-electron chi connectivity index (χ0n) is 12.9. The van der Waals surface area contributed by atoms with Crippen LogP contribution in [-0.4, -0.2) is 43.3 Å². The van der Waals surface area contributed by atoms with Crippen molar-refractivity contribution in [3.63, 3.8) is 0 Å². The number of nitrogens with zero attached hydrogens (tertiary/aromatic N) is 1. The Labute approximate surface area is 112 Å². The highest BCUT2D eigenvalue weighted by atomic mass is 16.2. The largest absolute Gasteiger partial charge is 0.355 e. The molecule has 4 nitrogen and oxygen atoms in total. The van der Waals surface area contributed by atoms with Crippen LogP contribution in [0, 0.1) is 0 Å². The van der Waals surface area contributed by atoms with Gasteiger partial charge in [-0.15, -0.1) is 0 Å². The fourth-order valence-electron chi connectivity index (χ4n) is 1.44. The summed E-state index contributed by atoms with van der Waals surface area (Å²) in [4.78, 5) is 24.5. The third-order valence-electron chi connectivity index (χ3n) is 2.76. The number of ketones is 1. The van der Waals surface area contributed by atoms with Crippen molar-refractivity contribution in [3.8, 4) is 0 Å². The van der Waals surface area contributed by atoms with Gasteiger partial charge < -0.3 is 10.2 Å². The standard InChI is InChI=1S/C12H24N2O2.C2H6/c1-5-10(14(3)4)9-13-12(16)8-7-11(15)6-2;1-2/h10H,5-9H2,1-4H3,(H,13,16);1-2H3. The Kier molecular flexibility index (Phi) is 13.6. The number of hydrogen-bond donors (Lipinski definition) is 1. The summed E-state index contributed by atoms with van der Waals surface area (Å²) in [6, 6.07) is 0.367. The Morgan fingerprint density at radius 1 is 1.11 bits per heavy atom. The number of carbonyl (C=O) groups excluding carboxylic acids is 2. The highest BCUT2D eigenvalue weighted by Crippen LogP contribution is 1.98. The average Bonchev–Trinajstić information content (AvgIpc) is 2.38. The van der Waals surface area contributed by atoms with Crippen LogP contribution in [0.1, 0.15) is 53.4 Å². The monoisotopic (exact) mass is 258 g/mol. The van der Waals surface area contributed by atoms with Gasteiger partial charge in [-0.2, -0.15) is 0 Å². The van der Waals surface area contributed by atoms with Crippen LogP contribution in [-0.2, 0) is 9.59 Å². The molecule has 0 fully saturated rings. The van der Waals surface area contributed by atoms with Gasteiger partial charge in [-0.1, -0.05) is 27.7 Å². The molecule has 0 aliphatic heterocycles. The lowest BCUT2D eigenvalue weighted by Crippen LogP contribution is -2.39. The summed E-state index contributed by atoms with van der Waals surface area (Å²) < 4.78 is 0. The normalized spacial score (nSPS) is 11.5. The number of hydrogen-bond acceptors (Lipinski definition) is 3. The molecule has 0 saturated heterocycles. The molecule has 0 spiro atoms. The third-order valence-corrected chi connectivity index (χ3v) is 2.76. The number of likely N-dealkylation sites (N-methyl/N-ethyl adjacent to an activating group) is 1. The molecule has 18 heavy (non-hydrogen) atoms. The molecule has 0 saturated carbocycles. The van der Waals surface area contributed by atoms with Crippen molar-refractivity contribution < 1.29 is 9.59 Å². The molecule has 1 unspecified atom stereocenters. The van der Waals surface area contributed by atoms with Crippen molar-refractivity contribution in [1.29, 1.82) is 0 Å². The molecule has 0 rings (SSSR count). The highest BCUT2D eigenvalue weighted by molar-refractivity contribution is 5.84. The number of carbonyl (C=O) groups is 2. The van der Waals surface area contributed by atoms with Crippen LogP contribution < -0.4 is 5.32 Å². The van der Waals surface area contributed by atoms with Gasteiger partial charge in [0.25, 0.3) is 0 Å². The number of nitrogens with one attached hydrogen (secondary N) is 1. The van der Waals surface area contributed by atoms with Crippen molar-refractivity contribution >= 4 is 11.7 Å². The van der Waals surface area contributed by atoms with E-state index in [1.807, 2.05) is 34.9 Å². The van der Waals surface area contributed by atoms with E-state index in [0.29, 0.717) is 31.8 Å². The topological polar surface area (TPSA) is 49.4 Å². The lowest BCUT2D eigenvalue weighted by molar-refractivity contribution is -0.125. The molecule has 4 heteroatoms. The summed E-state index contributed by atoms with van der Waals surface area (Å²) in [5, 5.41) is 2.86. The third kappa shape index (κ3) is 10.3. The van der Waals surface area contributed by atoms with Crippen molar-refractivity contribution in [2.45, 2.75) is 59.4 Å². The van der Waals surface area contributed by atoms with Gasteiger partial charge in [-0.05, 0) is 20.5 Å². The molecular weight excluding hydrogens is 228 g/mol. The van der Waals surface area contributed by atoms with E-state index in [2.05, 4.69) is 17.1 Å². The van der Waals surface area contributed by atoms with E-state index in [1.54, 1.807) is 0 Å². The molecule has 0 aromatic heterocycles. The minimum absolute atomic E-state index is 0.0258. The van der Waals surface area contributed by atoms with Gasteiger partial charge in [0.1, 0.15) is 5.78 Å². The first-order valence-electron chi connectivity index (χ1n) is 6.96. The number of amides is 1. The molecule has 0 heterocycles. The molecule has 1 N–H and O–H groups in total. The Balaban J connectivity index is 0. The van der Waals surface area contributed by atoms with Crippen LogP contribution in [0.2, 0.25) is 0 Å². The van der Waals surface area contributed by atoms with Crippen LogP contribution in [0.3, 0.4) is 0 Å². The zero-order chi connectivity index (χ0) is 14.6. The van der Waals surface area contributed by atoms with Crippen LogP contribution in [0.25, 0.3) is 0 Å². The summed E-state index contributed by atoms with van der Waals surface area (Å²) in [5.74, 6) is 0.122. The van der Waals surface area contributed by atoms with Gasteiger partial charge in [0.05, 0.1) is 0 Å². The van der Waals surface area contributed by atoms with E-state index in [9.17, 15) is 9.59 Å². The summed E-state index contributed by atoms with van der Waals surface area (Å²) in [6.07, 6.45) is 2.20. The zero-order valence-corrected chi connectivity index (χ0v) is 12.9. The highest BCUT2D eigenvalue weighted by Gasteiger charge is 2.10. The van der Waals surface area contributed by atoms with Gasteiger partial charge in [0.2, 0.25) is 5.91 Å². The molecule has 108 valence electrons. The quantitative estimate of drug-likeness (QED) is 0.726. The first-order chi connectivity index (χ1) is 8.51. The number of Topliss-reactive ketones (excluding diaryl/α,β-unsaturated/α-hetero) is 1. The second-order valence-electron chi connectivity index (χ2n) is 4.22. The van der Waals surface area contributed by atoms with E-state index in [4.69, 9.17) is 0 Å². The summed E-state index contributed by atoms with van der Waals surface area (Å²) in [5.41, 5.74) is 0. The maximum atomic E-state index is 11.4. The Hall–Kier alpha value is -0.900. The average molecular weight is 258 g/mol. The van der Waals surface area contributed by atoms with Gasteiger partial charge in [0, 0.05) is 31.8 Å². The molecule has 0 aliphatic rings. The van der Waals surface area contributed by atoms with Crippen molar-refractivity contribution in [1.82, 2.24) is 10.2 Å². The molecule has 0 radical (unpaired) electrons. The van der Waals surface area contributed by atoms with E-state index >= 15 is 0 Å². The SMILES string of the molecule is CC.CCC(=O)CCC(=O)NCC(CC)N(C)C. The minimum Gasteiger partial charge on any atom is -0.355 e. The van der Waals surface area contributed by atoms with Crippen LogP contribution in [0.15, 0.2) is 0 Å². The molecule has 0 aromatic rings. The van der Waals surface area contributed by atoms with E-state index in [-0.39, 0.29) is 11.7 Å². The van der Waals surface area contributed by atoms with Crippen LogP contribution in [0.4, 0.5) is 0 Å². The second-order valence-corrected chi connectivity index (χ2v) is 4.22. The molecule has 0 aliphatic carbocycles. The summed E-state index contributed by atoms with van der Waals surface area (Å²) >= 11 is 0. The number of rotatable bonds is 8. The molecule has 1 amide bonds. The molecule has 0 bridgehead atoms. The predicted molar refractivity (Wildman–Crippen MR) is 76.7 cm³/mol. The van der Waals surface area contributed by atoms with E-state index < -0.39 is 0 Å². The first kappa shape index (κ1) is 19.4. The van der Waals surface area contributed by atoms with Gasteiger partial charge in [-0.25, -0.2) is 0 Å². The lowest BCUT2D eigenvalue weighted by Gasteiger charge is -2.22. The smallest absolute Gasteiger partial charge is 0.220 e. The van der Waals surface area contributed by atoms with Gasteiger partial charge in [-0.3, -0.25) is 9.59 Å². The molecular formula is C14H30N2O2. The molecule has 0 aromatic carbocycles. The second kappa shape index (κ2) is 12.6. The van der Waals surface area contributed by atoms with Crippen LogP contribution in [0.5, 0.6) is 0 Å². The maximum absolute atomic E-state index is 11.4. The first-order valence-corrected chi connectivity index (χ1v) is 6.96. The van der Waals surface area contributed by atoms with E-state index in [0.717, 1.165) is 6.42 Å². The minimum atomic E-state index is -0.0258. The van der Waals surface area contributed by atoms with Gasteiger partial charge >= 0.3 is 0 Å². The summed E-state index contributed by atoms with van der Waals surface area (Å²) in [7, 11) is 4.00. The molecule has 1 atom stereocenters. The Bertz CT molecular complexity index is 228. The maximum Gasteiger partial charge on any atom is 0.220 e. The fourth-order valence-corrected chi connectivity index (χ4v) is 1.44. The van der Waals surface area contributed by atoms with Crippen molar-refractivity contribution in [2.75, 3.05) is 20.6 Å². The lowest BCUT2D eigenvalue weighted by atomic mass is 10.1. The van der Waals surface area contributed by atoms with E-state index in [1.165, 1.54) is 0 Å². The fraction of sp³-hybridized carbons (Fsp3) is 0.857.